The van der Waals surface area contributed by atoms with E-state index in [2.05, 4.69) is 10.6 Å². The highest BCUT2D eigenvalue weighted by atomic mass is 19.2. The maximum absolute atomic E-state index is 14.7. The Morgan fingerprint density at radius 3 is 2.50 bits per heavy atom. The molecule has 0 spiro atoms. The molecule has 0 aromatic heterocycles. The quantitative estimate of drug-likeness (QED) is 0.176. The van der Waals surface area contributed by atoms with Gasteiger partial charge in [-0.25, -0.2) is 8.78 Å². The number of hydrogen-bond donors (Lipinski definition) is 3. The van der Waals surface area contributed by atoms with Crippen molar-refractivity contribution in [2.75, 3.05) is 39.4 Å². The van der Waals surface area contributed by atoms with E-state index in [1.165, 1.54) is 0 Å². The van der Waals surface area contributed by atoms with Crippen molar-refractivity contribution in [1.29, 1.82) is 0 Å². The summed E-state index contributed by atoms with van der Waals surface area (Å²) in [6, 6.07) is 16.6. The van der Waals surface area contributed by atoms with Crippen LogP contribution in [0, 0.1) is 24.4 Å². The fraction of sp³-hybridized carbons (Fsp3) is 0.450. The number of rotatable bonds is 13. The second-order valence-corrected chi connectivity index (χ2v) is 14.3. The number of carbonyl (C=O) groups is 2. The predicted octanol–water partition coefficient (Wildman–Crippen LogP) is 4.54. The van der Waals surface area contributed by atoms with Gasteiger partial charge in [0.05, 0.1) is 31.3 Å². The Kier molecular flexibility index (Phi) is 10.9. The van der Waals surface area contributed by atoms with Gasteiger partial charge in [0.25, 0.3) is 5.91 Å². The number of nitrogens with one attached hydrogen (secondary N) is 2. The van der Waals surface area contributed by atoms with E-state index < -0.39 is 35.3 Å². The number of aliphatic hydroxyl groups is 1. The molecule has 3 fully saturated rings. The second kappa shape index (κ2) is 15.7. The molecule has 4 aliphatic rings. The molecule has 1 unspecified atom stereocenters. The lowest BCUT2D eigenvalue weighted by Crippen LogP contribution is -2.63. The van der Waals surface area contributed by atoms with E-state index in [4.69, 9.17) is 9.47 Å². The topological polar surface area (TPSA) is 103 Å². The fourth-order valence-electron chi connectivity index (χ4n) is 7.59. The Morgan fingerprint density at radius 2 is 1.77 bits per heavy atom. The lowest BCUT2D eigenvalue weighted by Gasteiger charge is -2.45. The standard InChI is InChI=1S/C40H45F3N4O5/c1-24-4-2-6-30(18-24)51-17-15-47(28-11-12-28)40(50)36-31(19-27-22-46(23-35(36)45-27)39(49)34-20-29(48)21-44-34)26-9-7-25(8-10-26)5-3-16-52-38-33(42)14-13-32(41)37(38)43/h2,4,6-10,13-14,18,27-29,34-35,44-45,48H,3,5,11-12,15-17,19-23H2,1H3/t27-,29-,34?,35+/m1/s1. The molecule has 4 atom stereocenters. The van der Waals surface area contributed by atoms with Crippen LogP contribution in [-0.4, -0.2) is 96.4 Å². The van der Waals surface area contributed by atoms with Crippen molar-refractivity contribution >= 4 is 17.4 Å². The van der Waals surface area contributed by atoms with Crippen LogP contribution in [0.1, 0.15) is 48.8 Å². The summed E-state index contributed by atoms with van der Waals surface area (Å²) in [7, 11) is 0. The average molecular weight is 719 g/mol. The first-order valence-electron chi connectivity index (χ1n) is 18.2. The molecule has 3 aromatic rings. The molecule has 2 bridgehead atoms. The highest BCUT2D eigenvalue weighted by Gasteiger charge is 2.44. The van der Waals surface area contributed by atoms with E-state index in [0.717, 1.165) is 53.0 Å². The number of piperazine rings is 1. The molecular weight excluding hydrogens is 673 g/mol. The van der Waals surface area contributed by atoms with Crippen molar-refractivity contribution in [3.63, 3.8) is 0 Å². The SMILES string of the molecule is Cc1cccc(OCCN(C(=O)C2=C(c3ccc(CCCOc4c(F)ccc(F)c4F)cc3)C[C@@H]3CN(C(=O)C4C[C@@H](O)CN4)C[C@@H]2N3)C2CC2)c1. The summed E-state index contributed by atoms with van der Waals surface area (Å²) >= 11 is 0. The first kappa shape index (κ1) is 36.0. The molecular formula is C40H45F3N4O5. The molecule has 1 saturated carbocycles. The van der Waals surface area contributed by atoms with E-state index in [9.17, 15) is 27.9 Å². The van der Waals surface area contributed by atoms with Crippen LogP contribution >= 0.6 is 0 Å². The number of β-amino-alcohol motifs (C(OH)–C–C–N with tert-alkyl or cyclic N) is 1. The molecule has 2 saturated heterocycles. The van der Waals surface area contributed by atoms with Crippen LogP contribution in [0.25, 0.3) is 5.57 Å². The zero-order valence-corrected chi connectivity index (χ0v) is 29.3. The lowest BCUT2D eigenvalue weighted by atomic mass is 9.82. The molecule has 9 nitrogen and oxygen atoms in total. The Balaban J connectivity index is 1.09. The van der Waals surface area contributed by atoms with E-state index in [-0.39, 0.29) is 36.5 Å². The summed E-state index contributed by atoms with van der Waals surface area (Å²) in [5.74, 6) is -3.51. The van der Waals surface area contributed by atoms with Gasteiger partial charge >= 0.3 is 0 Å². The number of halogens is 3. The Labute approximate surface area is 301 Å². The number of fused-ring (bicyclic) bond motifs is 2. The summed E-state index contributed by atoms with van der Waals surface area (Å²) in [4.78, 5) is 32.0. The van der Waals surface area contributed by atoms with Gasteiger partial charge in [0.1, 0.15) is 12.4 Å². The molecule has 12 heteroatoms. The molecule has 3 heterocycles. The zero-order valence-electron chi connectivity index (χ0n) is 29.3. The number of benzene rings is 3. The average Bonchev–Trinajstić information content (AvgIpc) is 3.89. The molecule has 0 radical (unpaired) electrons. The molecule has 3 N–H and O–H groups in total. The zero-order chi connectivity index (χ0) is 36.4. The van der Waals surface area contributed by atoms with Crippen molar-refractivity contribution in [2.24, 2.45) is 0 Å². The highest BCUT2D eigenvalue weighted by molar-refractivity contribution is 6.03. The summed E-state index contributed by atoms with van der Waals surface area (Å²) in [5, 5.41) is 16.8. The van der Waals surface area contributed by atoms with Gasteiger partial charge in [0.15, 0.2) is 17.4 Å². The maximum Gasteiger partial charge on any atom is 0.252 e. The largest absolute Gasteiger partial charge is 0.492 e. The van der Waals surface area contributed by atoms with E-state index in [0.29, 0.717) is 64.0 Å². The molecule has 3 aliphatic heterocycles. The molecule has 1 aliphatic carbocycles. The van der Waals surface area contributed by atoms with Gasteiger partial charge in [-0.2, -0.15) is 4.39 Å². The van der Waals surface area contributed by atoms with Crippen LogP contribution < -0.4 is 20.1 Å². The van der Waals surface area contributed by atoms with E-state index in [1.54, 1.807) is 0 Å². The minimum absolute atomic E-state index is 0.00697. The predicted molar refractivity (Wildman–Crippen MR) is 189 cm³/mol. The van der Waals surface area contributed by atoms with Crippen LogP contribution in [0.4, 0.5) is 13.2 Å². The third-order valence-electron chi connectivity index (χ3n) is 10.4. The van der Waals surface area contributed by atoms with Gasteiger partial charge in [-0.1, -0.05) is 36.4 Å². The third kappa shape index (κ3) is 8.14. The molecule has 2 amide bonds. The van der Waals surface area contributed by atoms with Crippen molar-refractivity contribution in [3.8, 4) is 11.5 Å². The van der Waals surface area contributed by atoms with Crippen molar-refractivity contribution in [3.05, 3.63) is 100 Å². The van der Waals surface area contributed by atoms with Crippen LogP contribution in [-0.2, 0) is 16.0 Å². The van der Waals surface area contributed by atoms with E-state index >= 15 is 0 Å². The number of nitrogens with zero attached hydrogens (tertiary/aromatic N) is 2. The molecule has 52 heavy (non-hydrogen) atoms. The van der Waals surface area contributed by atoms with Gasteiger partial charge in [0.2, 0.25) is 11.7 Å². The molecule has 7 rings (SSSR count). The summed E-state index contributed by atoms with van der Waals surface area (Å²) in [6.07, 6.45) is 3.24. The first-order chi connectivity index (χ1) is 25.1. The molecule has 276 valence electrons. The van der Waals surface area contributed by atoms with Crippen molar-refractivity contribution in [1.82, 2.24) is 20.4 Å². The Bertz CT molecular complexity index is 1820. The number of amides is 2. The fourth-order valence-corrected chi connectivity index (χ4v) is 7.59. The van der Waals surface area contributed by atoms with Crippen LogP contribution in [0.5, 0.6) is 11.5 Å². The van der Waals surface area contributed by atoms with Gasteiger partial charge in [-0.05, 0) is 92.0 Å². The summed E-state index contributed by atoms with van der Waals surface area (Å²) in [6.45, 7) is 4.03. The van der Waals surface area contributed by atoms with Gasteiger partial charge in [-0.3, -0.25) is 9.59 Å². The van der Waals surface area contributed by atoms with Crippen molar-refractivity contribution in [2.45, 2.75) is 75.7 Å². The second-order valence-electron chi connectivity index (χ2n) is 14.3. The minimum Gasteiger partial charge on any atom is -0.492 e. The lowest BCUT2D eigenvalue weighted by molar-refractivity contribution is -0.136. The van der Waals surface area contributed by atoms with Crippen molar-refractivity contribution < 1.29 is 37.3 Å². The normalized spacial score (nSPS) is 22.8. The number of carbonyl (C=O) groups excluding carboxylic acids is 2. The number of aryl methyl sites for hydroxylation is 2. The Hall–Kier alpha value is -4.39. The van der Waals surface area contributed by atoms with Crippen LogP contribution in [0.15, 0.2) is 66.2 Å². The third-order valence-corrected chi connectivity index (χ3v) is 10.4. The van der Waals surface area contributed by atoms with Crippen LogP contribution in [0.2, 0.25) is 0 Å². The van der Waals surface area contributed by atoms with Crippen LogP contribution in [0.3, 0.4) is 0 Å². The monoisotopic (exact) mass is 718 g/mol. The smallest absolute Gasteiger partial charge is 0.252 e. The number of aliphatic hydroxyl groups excluding tert-OH is 1. The highest BCUT2D eigenvalue weighted by Crippen LogP contribution is 2.37. The van der Waals surface area contributed by atoms with Gasteiger partial charge in [0, 0.05) is 37.3 Å². The first-order valence-corrected chi connectivity index (χ1v) is 18.2. The summed E-state index contributed by atoms with van der Waals surface area (Å²) < 4.78 is 52.8. The minimum atomic E-state index is -1.34. The number of hydrogen-bond acceptors (Lipinski definition) is 7. The Morgan fingerprint density at radius 1 is 0.981 bits per heavy atom. The molecule has 3 aromatic carbocycles. The van der Waals surface area contributed by atoms with Gasteiger partial charge in [-0.15, -0.1) is 0 Å². The summed E-state index contributed by atoms with van der Waals surface area (Å²) in [5.41, 5.74) is 4.62. The maximum atomic E-state index is 14.7. The number of ether oxygens (including phenoxy) is 2. The van der Waals surface area contributed by atoms with Gasteiger partial charge < -0.3 is 35.0 Å². The van der Waals surface area contributed by atoms with E-state index in [1.807, 2.05) is 65.3 Å².